The number of anilines is 1. The Bertz CT molecular complexity index is 1180. The first-order valence-corrected chi connectivity index (χ1v) is 9.56. The highest BCUT2D eigenvalue weighted by Gasteiger charge is 2.22. The molecule has 3 heterocycles. The Kier molecular flexibility index (Phi) is 4.19. The van der Waals surface area contributed by atoms with E-state index in [1.165, 1.54) is 11.3 Å². The predicted molar refractivity (Wildman–Crippen MR) is 108 cm³/mol. The lowest BCUT2D eigenvalue weighted by Crippen LogP contribution is -2.27. The number of primary amides is 1. The van der Waals surface area contributed by atoms with Crippen LogP contribution in [-0.2, 0) is 7.05 Å². The second-order valence-corrected chi connectivity index (χ2v) is 8.66. The molecule has 0 aliphatic carbocycles. The number of aryl methyl sites for hydroxylation is 1. The molecule has 3 aromatic heterocycles. The molecule has 1 amide bonds. The van der Waals surface area contributed by atoms with Crippen LogP contribution in [0.3, 0.4) is 0 Å². The minimum atomic E-state index is -0.433. The van der Waals surface area contributed by atoms with Gasteiger partial charge in [0.1, 0.15) is 7.05 Å². The van der Waals surface area contributed by atoms with Gasteiger partial charge in [0, 0.05) is 28.2 Å². The summed E-state index contributed by atoms with van der Waals surface area (Å²) in [6.45, 7) is 6.07. The number of H-pyrrole nitrogens is 1. The van der Waals surface area contributed by atoms with Gasteiger partial charge in [-0.15, -0.1) is 5.10 Å². The van der Waals surface area contributed by atoms with Gasteiger partial charge in [0.05, 0.1) is 5.56 Å². The molecule has 28 heavy (non-hydrogen) atoms. The number of aromatic nitrogens is 4. The largest absolute Gasteiger partial charge is 0.403 e. The number of amides is 1. The highest BCUT2D eigenvalue weighted by Crippen LogP contribution is 2.33. The maximum absolute atomic E-state index is 11.5. The number of carbonyl (C=O) groups is 1. The summed E-state index contributed by atoms with van der Waals surface area (Å²) < 4.78 is 7.67. The third kappa shape index (κ3) is 3.36. The molecular weight excluding hydrogens is 376 g/mol. The molecular formula is C19H21N6O2S+. The van der Waals surface area contributed by atoms with Gasteiger partial charge < -0.3 is 20.5 Å². The SMILES string of the molecule is C[n+]1cc(C(N)=O)sc1-c1c[nH]c2ccc(-c3nnc(NC(C)(C)C)o3)cc12. The van der Waals surface area contributed by atoms with Gasteiger partial charge >= 0.3 is 6.01 Å². The number of rotatable bonds is 4. The topological polar surface area (TPSA) is 114 Å². The van der Waals surface area contributed by atoms with Crippen LogP contribution in [0.2, 0.25) is 0 Å². The van der Waals surface area contributed by atoms with Crippen LogP contribution >= 0.6 is 11.3 Å². The second-order valence-electron chi connectivity index (χ2n) is 7.63. The molecule has 4 N–H and O–H groups in total. The maximum Gasteiger partial charge on any atom is 0.316 e. The van der Waals surface area contributed by atoms with Crippen LogP contribution in [-0.4, -0.2) is 26.6 Å². The van der Waals surface area contributed by atoms with Crippen molar-refractivity contribution < 1.29 is 13.8 Å². The summed E-state index contributed by atoms with van der Waals surface area (Å²) in [6, 6.07) is 6.28. The van der Waals surface area contributed by atoms with Gasteiger partial charge in [-0.2, -0.15) is 4.57 Å². The van der Waals surface area contributed by atoms with E-state index in [-0.39, 0.29) is 5.54 Å². The van der Waals surface area contributed by atoms with E-state index < -0.39 is 5.91 Å². The molecule has 144 valence electrons. The number of nitrogens with two attached hydrogens (primary N) is 1. The van der Waals surface area contributed by atoms with Crippen LogP contribution in [0.25, 0.3) is 32.9 Å². The number of hydrogen-bond donors (Lipinski definition) is 3. The number of benzene rings is 1. The molecule has 1 aromatic carbocycles. The molecule has 0 saturated carbocycles. The first kappa shape index (κ1) is 18.2. The number of aromatic amines is 1. The molecule has 0 bridgehead atoms. The first-order valence-electron chi connectivity index (χ1n) is 8.74. The highest BCUT2D eigenvalue weighted by atomic mass is 32.1. The summed E-state index contributed by atoms with van der Waals surface area (Å²) in [5.74, 6) is 0.00583. The van der Waals surface area contributed by atoms with Crippen LogP contribution in [0.15, 0.2) is 35.0 Å². The number of thiazole rings is 1. The zero-order chi connectivity index (χ0) is 20.1. The van der Waals surface area contributed by atoms with Gasteiger partial charge in [-0.1, -0.05) is 16.4 Å². The standard InChI is InChI=1S/C19H20N6O2S/c1-19(2,3)22-18-24-23-16(27-18)10-5-6-13-11(7-10)12(8-21-13)17-25(4)9-14(28-17)15(20)26/h5-9H,1-4H3,(H3,20,22,24,26)/p+1. The van der Waals surface area contributed by atoms with Gasteiger partial charge in [0.25, 0.3) is 10.9 Å². The molecule has 9 heteroatoms. The van der Waals surface area contributed by atoms with Crippen LogP contribution in [0.4, 0.5) is 6.01 Å². The molecule has 0 radical (unpaired) electrons. The third-order valence-electron chi connectivity index (χ3n) is 4.15. The van der Waals surface area contributed by atoms with E-state index in [4.69, 9.17) is 10.2 Å². The lowest BCUT2D eigenvalue weighted by atomic mass is 10.1. The smallest absolute Gasteiger partial charge is 0.316 e. The predicted octanol–water partition coefficient (Wildman–Crippen LogP) is 3.08. The minimum Gasteiger partial charge on any atom is -0.403 e. The number of fused-ring (bicyclic) bond motifs is 1. The van der Waals surface area contributed by atoms with Crippen LogP contribution in [0, 0.1) is 0 Å². The zero-order valence-electron chi connectivity index (χ0n) is 16.0. The molecule has 8 nitrogen and oxygen atoms in total. The maximum atomic E-state index is 11.5. The van der Waals surface area contributed by atoms with E-state index in [9.17, 15) is 4.79 Å². The quantitative estimate of drug-likeness (QED) is 0.458. The van der Waals surface area contributed by atoms with Crippen molar-refractivity contribution in [1.29, 1.82) is 0 Å². The lowest BCUT2D eigenvalue weighted by molar-refractivity contribution is -0.655. The fraction of sp³-hybridized carbons (Fsp3) is 0.263. The zero-order valence-corrected chi connectivity index (χ0v) is 16.8. The lowest BCUT2D eigenvalue weighted by Gasteiger charge is -2.17. The van der Waals surface area contributed by atoms with E-state index >= 15 is 0 Å². The van der Waals surface area contributed by atoms with Crippen LogP contribution < -0.4 is 15.6 Å². The van der Waals surface area contributed by atoms with Crippen molar-refractivity contribution in [2.24, 2.45) is 12.8 Å². The van der Waals surface area contributed by atoms with Gasteiger partial charge in [-0.3, -0.25) is 4.79 Å². The Hall–Kier alpha value is -3.20. The normalized spacial score (nSPS) is 11.9. The van der Waals surface area contributed by atoms with Gasteiger partial charge in [-0.05, 0) is 39.0 Å². The Labute approximate surface area is 165 Å². The number of carbonyl (C=O) groups excluding carboxylic acids is 1. The van der Waals surface area contributed by atoms with Crippen molar-refractivity contribution in [3.8, 4) is 22.0 Å². The summed E-state index contributed by atoms with van der Waals surface area (Å²) >= 11 is 1.36. The summed E-state index contributed by atoms with van der Waals surface area (Å²) in [4.78, 5) is 15.3. The fourth-order valence-electron chi connectivity index (χ4n) is 2.94. The van der Waals surface area contributed by atoms with E-state index in [0.29, 0.717) is 16.8 Å². The first-order chi connectivity index (χ1) is 13.2. The monoisotopic (exact) mass is 397 g/mol. The van der Waals surface area contributed by atoms with E-state index in [1.807, 2.05) is 56.8 Å². The summed E-state index contributed by atoms with van der Waals surface area (Å²) in [5, 5.41) is 13.3. The van der Waals surface area contributed by atoms with Crippen molar-refractivity contribution in [2.45, 2.75) is 26.3 Å². The Morgan fingerprint density at radius 3 is 2.79 bits per heavy atom. The summed E-state index contributed by atoms with van der Waals surface area (Å²) in [6.07, 6.45) is 3.67. The van der Waals surface area contributed by atoms with Crippen LogP contribution in [0.5, 0.6) is 0 Å². The van der Waals surface area contributed by atoms with E-state index in [1.54, 1.807) is 6.20 Å². The minimum absolute atomic E-state index is 0.173. The molecule has 0 atom stereocenters. The number of nitrogens with zero attached hydrogens (tertiary/aromatic N) is 3. The highest BCUT2D eigenvalue weighted by molar-refractivity contribution is 7.16. The van der Waals surface area contributed by atoms with Crippen molar-refractivity contribution in [1.82, 2.24) is 15.2 Å². The van der Waals surface area contributed by atoms with Gasteiger partial charge in [0.15, 0.2) is 11.1 Å². The fourth-order valence-corrected chi connectivity index (χ4v) is 3.93. The van der Waals surface area contributed by atoms with E-state index in [0.717, 1.165) is 27.0 Å². The Morgan fingerprint density at radius 2 is 2.11 bits per heavy atom. The Morgan fingerprint density at radius 1 is 1.32 bits per heavy atom. The molecule has 4 aromatic rings. The van der Waals surface area contributed by atoms with Crippen LogP contribution in [0.1, 0.15) is 30.4 Å². The molecule has 4 rings (SSSR count). The molecule has 0 fully saturated rings. The van der Waals surface area contributed by atoms with E-state index in [2.05, 4.69) is 20.5 Å². The third-order valence-corrected chi connectivity index (χ3v) is 5.37. The number of nitrogens with one attached hydrogen (secondary N) is 2. The molecule has 0 unspecified atom stereocenters. The van der Waals surface area contributed by atoms with Crippen molar-refractivity contribution in [3.05, 3.63) is 35.5 Å². The average molecular weight is 397 g/mol. The Balaban J connectivity index is 1.76. The summed E-state index contributed by atoms with van der Waals surface area (Å²) in [7, 11) is 1.89. The average Bonchev–Trinajstić information content (AvgIpc) is 3.31. The van der Waals surface area contributed by atoms with Crippen molar-refractivity contribution >= 4 is 34.2 Å². The van der Waals surface area contributed by atoms with Gasteiger partial charge in [0.2, 0.25) is 5.89 Å². The summed E-state index contributed by atoms with van der Waals surface area (Å²) in [5.41, 5.74) is 8.02. The molecule has 0 aliphatic heterocycles. The second kappa shape index (κ2) is 6.45. The van der Waals surface area contributed by atoms with Crippen molar-refractivity contribution in [3.63, 3.8) is 0 Å². The number of hydrogen-bond acceptors (Lipinski definition) is 6. The van der Waals surface area contributed by atoms with Crippen molar-refractivity contribution in [2.75, 3.05) is 5.32 Å². The van der Waals surface area contributed by atoms with Gasteiger partial charge in [-0.25, -0.2) is 0 Å². The molecule has 0 aliphatic rings. The molecule has 0 spiro atoms. The molecule has 0 saturated heterocycles.